The number of benzene rings is 2. The zero-order valence-corrected chi connectivity index (χ0v) is 11.9. The summed E-state index contributed by atoms with van der Waals surface area (Å²) < 4.78 is 0. The maximum absolute atomic E-state index is 11.9. The Labute approximate surface area is 126 Å². The molecule has 0 aliphatic heterocycles. The van der Waals surface area contributed by atoms with E-state index in [0.717, 1.165) is 5.69 Å². The van der Waals surface area contributed by atoms with Crippen LogP contribution in [0.1, 0.15) is 0 Å². The van der Waals surface area contributed by atoms with E-state index < -0.39 is 10.9 Å². The number of nitrogens with one attached hydrogen (secondary N) is 1. The van der Waals surface area contributed by atoms with Crippen molar-refractivity contribution in [3.8, 4) is 5.75 Å². The van der Waals surface area contributed by atoms with Crippen LogP contribution >= 0.6 is 0 Å². The highest BCUT2D eigenvalue weighted by Crippen LogP contribution is 2.33. The van der Waals surface area contributed by atoms with Gasteiger partial charge in [0.25, 0.3) is 10.9 Å². The molecule has 0 unspecified atom stereocenters. The van der Waals surface area contributed by atoms with Crippen LogP contribution in [0.2, 0.25) is 0 Å². The molecular weight excluding hydrogens is 280 g/mol. The van der Waals surface area contributed by atoms with Gasteiger partial charge in [0.15, 0.2) is 0 Å². The molecule has 0 heterocycles. The van der Waals surface area contributed by atoms with Crippen molar-refractivity contribution < 1.29 is 5.11 Å². The number of nitrogens with zero attached hydrogens (tertiary/aromatic N) is 1. The summed E-state index contributed by atoms with van der Waals surface area (Å²) in [6.07, 6.45) is 0. The maximum Gasteiger partial charge on any atom is 0.253 e. The van der Waals surface area contributed by atoms with Crippen LogP contribution in [0.5, 0.6) is 5.75 Å². The third-order valence-electron chi connectivity index (χ3n) is 3.51. The van der Waals surface area contributed by atoms with Gasteiger partial charge in [-0.25, -0.2) is 0 Å². The Morgan fingerprint density at radius 2 is 1.55 bits per heavy atom. The molecule has 0 spiro atoms. The first-order valence-electron chi connectivity index (χ1n) is 6.76. The largest absolute Gasteiger partial charge is 0.506 e. The summed E-state index contributed by atoms with van der Waals surface area (Å²) in [5, 5.41) is 12.9. The number of hydrogen-bond acceptors (Lipinski definition) is 5. The molecule has 5 nitrogen and oxygen atoms in total. The fourth-order valence-electron chi connectivity index (χ4n) is 2.35. The summed E-state index contributed by atoms with van der Waals surface area (Å²) in [6, 6.07) is 15.8. The van der Waals surface area contributed by atoms with Gasteiger partial charge in [0.05, 0.1) is 5.69 Å². The highest BCUT2D eigenvalue weighted by molar-refractivity contribution is 5.84. The van der Waals surface area contributed by atoms with Crippen molar-refractivity contribution in [1.29, 1.82) is 0 Å². The second-order valence-corrected chi connectivity index (χ2v) is 4.92. The number of hydrogen-bond donors (Lipinski definition) is 2. The Bertz CT molecular complexity index is 881. The molecule has 0 atom stereocenters. The zero-order chi connectivity index (χ0) is 15.7. The van der Waals surface area contributed by atoms with E-state index in [9.17, 15) is 14.7 Å². The molecule has 5 heteroatoms. The standard InChI is InChI=1S/C17H14N2O3/c1-19(12-9-5-6-10-13(12)20)15-14(16(21)17(15)22)18-11-7-3-2-4-8-11/h2-10,18,20H,1H3. The molecule has 0 saturated heterocycles. The van der Waals surface area contributed by atoms with Crippen molar-refractivity contribution >= 4 is 22.7 Å². The molecule has 3 rings (SSSR count). The molecular formula is C17H14N2O3. The minimum absolute atomic E-state index is 0.0451. The summed E-state index contributed by atoms with van der Waals surface area (Å²) in [4.78, 5) is 25.3. The Hall–Kier alpha value is -3.08. The first-order chi connectivity index (χ1) is 10.6. The number of rotatable bonds is 4. The van der Waals surface area contributed by atoms with Crippen LogP contribution in [0.25, 0.3) is 0 Å². The van der Waals surface area contributed by atoms with E-state index in [-0.39, 0.29) is 17.1 Å². The van der Waals surface area contributed by atoms with Crippen molar-refractivity contribution in [2.24, 2.45) is 0 Å². The van der Waals surface area contributed by atoms with E-state index in [1.807, 2.05) is 18.2 Å². The fraction of sp³-hybridized carbons (Fsp3) is 0.0588. The lowest BCUT2D eigenvalue weighted by molar-refractivity contribution is 0.476. The van der Waals surface area contributed by atoms with Gasteiger partial charge in [-0.2, -0.15) is 0 Å². The summed E-state index contributed by atoms with van der Waals surface area (Å²) in [6.45, 7) is 0. The molecule has 0 aliphatic rings. The molecule has 110 valence electrons. The lowest BCUT2D eigenvalue weighted by atomic mass is 10.1. The Balaban J connectivity index is 1.99. The molecule has 3 aromatic carbocycles. The Kier molecular flexibility index (Phi) is 3.39. The third kappa shape index (κ3) is 2.22. The van der Waals surface area contributed by atoms with Crippen LogP contribution in [0, 0.1) is 0 Å². The molecule has 0 radical (unpaired) electrons. The Morgan fingerprint density at radius 1 is 0.909 bits per heavy atom. The smallest absolute Gasteiger partial charge is 0.253 e. The van der Waals surface area contributed by atoms with Gasteiger partial charge in [-0.3, -0.25) is 9.59 Å². The SMILES string of the molecule is CN(c1ccccc1O)c1c(Nc2ccccc2)c(=O)c1=O. The first-order valence-corrected chi connectivity index (χ1v) is 6.76. The summed E-state index contributed by atoms with van der Waals surface area (Å²) >= 11 is 0. The van der Waals surface area contributed by atoms with Crippen molar-refractivity contribution in [2.75, 3.05) is 17.3 Å². The van der Waals surface area contributed by atoms with Crippen LogP contribution in [-0.4, -0.2) is 12.2 Å². The van der Waals surface area contributed by atoms with Gasteiger partial charge in [0.2, 0.25) is 0 Å². The van der Waals surface area contributed by atoms with E-state index >= 15 is 0 Å². The van der Waals surface area contributed by atoms with E-state index in [2.05, 4.69) is 5.32 Å². The summed E-state index contributed by atoms with van der Waals surface area (Å²) in [5.74, 6) is 0.0451. The highest BCUT2D eigenvalue weighted by Gasteiger charge is 2.26. The number of phenolic OH excluding ortho intramolecular Hbond substituents is 1. The molecule has 22 heavy (non-hydrogen) atoms. The van der Waals surface area contributed by atoms with Crippen LogP contribution < -0.4 is 21.1 Å². The molecule has 0 aromatic heterocycles. The van der Waals surface area contributed by atoms with Gasteiger partial charge in [-0.1, -0.05) is 30.3 Å². The first kappa shape index (κ1) is 13.9. The van der Waals surface area contributed by atoms with Crippen LogP contribution in [0.4, 0.5) is 22.7 Å². The third-order valence-corrected chi connectivity index (χ3v) is 3.51. The van der Waals surface area contributed by atoms with Gasteiger partial charge in [-0.05, 0) is 24.3 Å². The normalized spacial score (nSPS) is 10.6. The lowest BCUT2D eigenvalue weighted by Crippen LogP contribution is -2.39. The predicted molar refractivity (Wildman–Crippen MR) is 87.2 cm³/mol. The van der Waals surface area contributed by atoms with Gasteiger partial charge < -0.3 is 15.3 Å². The van der Waals surface area contributed by atoms with Crippen LogP contribution in [0.15, 0.2) is 64.2 Å². The summed E-state index contributed by atoms with van der Waals surface area (Å²) in [7, 11) is 1.64. The fourth-order valence-corrected chi connectivity index (χ4v) is 2.35. The summed E-state index contributed by atoms with van der Waals surface area (Å²) in [5.41, 5.74) is 0.551. The molecule has 0 amide bonds. The van der Waals surface area contributed by atoms with Gasteiger partial charge >= 0.3 is 0 Å². The molecule has 3 aromatic rings. The van der Waals surface area contributed by atoms with Crippen LogP contribution in [-0.2, 0) is 0 Å². The van der Waals surface area contributed by atoms with E-state index in [1.165, 1.54) is 11.0 Å². The molecule has 0 fully saturated rings. The van der Waals surface area contributed by atoms with Crippen molar-refractivity contribution in [1.82, 2.24) is 0 Å². The maximum atomic E-state index is 11.9. The number of phenols is 1. The van der Waals surface area contributed by atoms with Crippen molar-refractivity contribution in [3.05, 3.63) is 75.0 Å². The average Bonchev–Trinajstić information content (AvgIpc) is 2.55. The van der Waals surface area contributed by atoms with Crippen LogP contribution in [0.3, 0.4) is 0 Å². The second-order valence-electron chi connectivity index (χ2n) is 4.92. The molecule has 2 N–H and O–H groups in total. The minimum Gasteiger partial charge on any atom is -0.506 e. The quantitative estimate of drug-likeness (QED) is 0.724. The second kappa shape index (κ2) is 5.37. The topological polar surface area (TPSA) is 69.6 Å². The van der Waals surface area contributed by atoms with Gasteiger partial charge in [0.1, 0.15) is 17.1 Å². The molecule has 0 aliphatic carbocycles. The number of para-hydroxylation sites is 3. The van der Waals surface area contributed by atoms with Gasteiger partial charge in [0, 0.05) is 12.7 Å². The molecule has 0 saturated carbocycles. The Morgan fingerprint density at radius 3 is 2.23 bits per heavy atom. The van der Waals surface area contributed by atoms with Crippen molar-refractivity contribution in [2.45, 2.75) is 0 Å². The zero-order valence-electron chi connectivity index (χ0n) is 11.9. The minimum atomic E-state index is -0.566. The highest BCUT2D eigenvalue weighted by atomic mass is 16.3. The van der Waals surface area contributed by atoms with Gasteiger partial charge in [-0.15, -0.1) is 0 Å². The van der Waals surface area contributed by atoms with Crippen molar-refractivity contribution in [3.63, 3.8) is 0 Å². The predicted octanol–water partition coefficient (Wildman–Crippen LogP) is 2.50. The number of aromatic hydroxyl groups is 1. The van der Waals surface area contributed by atoms with E-state index in [1.54, 1.807) is 37.4 Å². The van der Waals surface area contributed by atoms with E-state index in [0.29, 0.717) is 5.69 Å². The van der Waals surface area contributed by atoms with E-state index in [4.69, 9.17) is 0 Å². The monoisotopic (exact) mass is 294 g/mol. The number of anilines is 4. The molecule has 0 bridgehead atoms. The average molecular weight is 294 g/mol. The lowest BCUT2D eigenvalue weighted by Gasteiger charge is -2.24.